The van der Waals surface area contributed by atoms with Crippen molar-refractivity contribution >= 4 is 12.1 Å². The zero-order chi connectivity index (χ0) is 18.9. The first kappa shape index (κ1) is 20.6. The van der Waals surface area contributed by atoms with E-state index in [2.05, 4.69) is 4.74 Å². The average Bonchev–Trinajstić information content (AvgIpc) is 2.71. The predicted molar refractivity (Wildman–Crippen MR) is 84.0 cm³/mol. The third kappa shape index (κ3) is 4.36. The molecule has 8 heteroatoms. The maximum Gasteiger partial charge on any atom is 0.412 e. The van der Waals surface area contributed by atoms with Crippen LogP contribution in [0, 0.1) is 0 Å². The molecule has 7 nitrogen and oxygen atoms in total. The monoisotopic (exact) mass is 349 g/mol. The summed E-state index contributed by atoms with van der Waals surface area (Å²) in [6, 6.07) is -1.09. The highest BCUT2D eigenvalue weighted by atomic mass is 19.1. The van der Waals surface area contributed by atoms with Crippen molar-refractivity contribution in [2.45, 2.75) is 77.6 Å². The molecule has 1 aliphatic rings. The molecular weight excluding hydrogens is 321 g/mol. The molecule has 0 spiro atoms. The Morgan fingerprint density at radius 1 is 1.38 bits per heavy atom. The van der Waals surface area contributed by atoms with Gasteiger partial charge in [0, 0.05) is 0 Å². The van der Waals surface area contributed by atoms with Gasteiger partial charge in [-0.15, -0.1) is 0 Å². The Kier molecular flexibility index (Phi) is 5.88. The molecule has 0 radical (unpaired) electrons. The molecule has 0 aromatic rings. The van der Waals surface area contributed by atoms with E-state index < -0.39 is 41.2 Å². The highest BCUT2D eigenvalue weighted by molar-refractivity contribution is 5.80. The molecule has 0 aromatic carbocycles. The van der Waals surface area contributed by atoms with E-state index in [1.54, 1.807) is 34.6 Å². The molecular formula is C16H28FNO6. The van der Waals surface area contributed by atoms with Crippen molar-refractivity contribution in [1.82, 2.24) is 4.90 Å². The SMILES string of the molecule is CCOC(=O)[C@](C)(F)[C@H](O)[C@H]1COC(C)(C)N1C(=O)OC(C)(C)C. The van der Waals surface area contributed by atoms with E-state index in [1.807, 2.05) is 0 Å². The van der Waals surface area contributed by atoms with Gasteiger partial charge >= 0.3 is 12.1 Å². The number of alkyl halides is 1. The van der Waals surface area contributed by atoms with E-state index >= 15 is 0 Å². The first-order valence-electron chi connectivity index (χ1n) is 7.94. The van der Waals surface area contributed by atoms with Gasteiger partial charge in [0.05, 0.1) is 19.3 Å². The number of ether oxygens (including phenoxy) is 3. The third-order valence-corrected chi connectivity index (χ3v) is 3.70. The fraction of sp³-hybridized carbons (Fsp3) is 0.875. The Balaban J connectivity index is 3.08. The van der Waals surface area contributed by atoms with Crippen molar-refractivity contribution in [3.8, 4) is 0 Å². The summed E-state index contributed by atoms with van der Waals surface area (Å²) in [4.78, 5) is 25.4. The maximum absolute atomic E-state index is 14.8. The second-order valence-electron chi connectivity index (χ2n) is 7.42. The average molecular weight is 349 g/mol. The predicted octanol–water partition coefficient (Wildman–Crippen LogP) is 2.01. The zero-order valence-electron chi connectivity index (χ0n) is 15.4. The number of carbonyl (C=O) groups is 2. The van der Waals surface area contributed by atoms with Crippen LogP contribution in [0.1, 0.15) is 48.5 Å². The summed E-state index contributed by atoms with van der Waals surface area (Å²) in [5.41, 5.74) is -4.57. The lowest BCUT2D eigenvalue weighted by Crippen LogP contribution is -2.59. The first-order valence-corrected chi connectivity index (χ1v) is 7.94. The smallest absolute Gasteiger partial charge is 0.412 e. The van der Waals surface area contributed by atoms with Crippen molar-refractivity contribution in [2.75, 3.05) is 13.2 Å². The molecule has 1 amide bonds. The first-order chi connectivity index (χ1) is 10.7. The van der Waals surface area contributed by atoms with Crippen molar-refractivity contribution < 1.29 is 33.3 Å². The van der Waals surface area contributed by atoms with E-state index in [4.69, 9.17) is 9.47 Å². The Labute approximate surface area is 142 Å². The normalized spacial score (nSPS) is 24.2. The Morgan fingerprint density at radius 3 is 2.38 bits per heavy atom. The number of carbonyl (C=O) groups excluding carboxylic acids is 2. The van der Waals surface area contributed by atoms with Gasteiger partial charge in [-0.05, 0) is 48.5 Å². The van der Waals surface area contributed by atoms with Crippen molar-refractivity contribution in [1.29, 1.82) is 0 Å². The third-order valence-electron chi connectivity index (χ3n) is 3.70. The number of aliphatic hydroxyl groups excluding tert-OH is 1. The van der Waals surface area contributed by atoms with Gasteiger partial charge in [0.2, 0.25) is 5.67 Å². The molecule has 1 N–H and O–H groups in total. The highest BCUT2D eigenvalue weighted by Gasteiger charge is 2.55. The minimum absolute atomic E-state index is 0.0203. The van der Waals surface area contributed by atoms with Gasteiger partial charge in [-0.2, -0.15) is 0 Å². The van der Waals surface area contributed by atoms with Crippen LogP contribution < -0.4 is 0 Å². The Bertz CT molecular complexity index is 485. The number of esters is 1. The molecule has 140 valence electrons. The molecule has 0 unspecified atom stereocenters. The Hall–Kier alpha value is -1.41. The van der Waals surface area contributed by atoms with Crippen LogP contribution in [0.3, 0.4) is 0 Å². The molecule has 0 aliphatic carbocycles. The van der Waals surface area contributed by atoms with Gasteiger partial charge in [0.25, 0.3) is 0 Å². The minimum Gasteiger partial charge on any atom is -0.464 e. The summed E-state index contributed by atoms with van der Waals surface area (Å²) in [7, 11) is 0. The highest BCUT2D eigenvalue weighted by Crippen LogP contribution is 2.34. The number of nitrogens with zero attached hydrogens (tertiary/aromatic N) is 1. The van der Waals surface area contributed by atoms with Crippen LogP contribution in [0.4, 0.5) is 9.18 Å². The van der Waals surface area contributed by atoms with Crippen LogP contribution in [0.2, 0.25) is 0 Å². The molecule has 3 atom stereocenters. The summed E-state index contributed by atoms with van der Waals surface area (Å²) < 4.78 is 30.3. The number of rotatable bonds is 4. The molecule has 24 heavy (non-hydrogen) atoms. The topological polar surface area (TPSA) is 85.3 Å². The number of hydrogen-bond acceptors (Lipinski definition) is 6. The molecule has 1 rings (SSSR count). The minimum atomic E-state index is -2.69. The molecule has 0 saturated carbocycles. The fourth-order valence-electron chi connectivity index (χ4n) is 2.49. The van der Waals surface area contributed by atoms with E-state index in [-0.39, 0.29) is 13.2 Å². The maximum atomic E-state index is 14.8. The summed E-state index contributed by atoms with van der Waals surface area (Å²) >= 11 is 0. The molecule has 1 saturated heterocycles. The van der Waals surface area contributed by atoms with E-state index in [0.29, 0.717) is 0 Å². The lowest BCUT2D eigenvalue weighted by Gasteiger charge is -2.38. The van der Waals surface area contributed by atoms with Crippen LogP contribution in [0.5, 0.6) is 0 Å². The number of halogens is 1. The summed E-state index contributed by atoms with van der Waals surface area (Å²) in [6.45, 7) is 10.6. The largest absolute Gasteiger partial charge is 0.464 e. The number of aliphatic hydroxyl groups is 1. The van der Waals surface area contributed by atoms with Crippen LogP contribution in [-0.2, 0) is 19.0 Å². The second kappa shape index (κ2) is 6.84. The lowest BCUT2D eigenvalue weighted by molar-refractivity contribution is -0.167. The van der Waals surface area contributed by atoms with Crippen LogP contribution in [-0.4, -0.2) is 64.4 Å². The zero-order valence-corrected chi connectivity index (χ0v) is 15.4. The summed E-state index contributed by atoms with van der Waals surface area (Å²) in [5, 5.41) is 10.4. The van der Waals surface area contributed by atoms with Crippen LogP contribution >= 0.6 is 0 Å². The van der Waals surface area contributed by atoms with Crippen molar-refractivity contribution in [3.63, 3.8) is 0 Å². The van der Waals surface area contributed by atoms with Gasteiger partial charge in [0.1, 0.15) is 17.4 Å². The second-order valence-corrected chi connectivity index (χ2v) is 7.42. The van der Waals surface area contributed by atoms with Gasteiger partial charge in [-0.25, -0.2) is 14.0 Å². The molecule has 1 fully saturated rings. The van der Waals surface area contributed by atoms with Crippen LogP contribution in [0.25, 0.3) is 0 Å². The van der Waals surface area contributed by atoms with E-state index in [1.165, 1.54) is 6.92 Å². The van der Waals surface area contributed by atoms with E-state index in [9.17, 15) is 19.1 Å². The van der Waals surface area contributed by atoms with Gasteiger partial charge in [-0.3, -0.25) is 4.90 Å². The van der Waals surface area contributed by atoms with Gasteiger partial charge in [-0.1, -0.05) is 0 Å². The molecule has 0 aromatic heterocycles. The van der Waals surface area contributed by atoms with Crippen molar-refractivity contribution in [2.24, 2.45) is 0 Å². The summed E-state index contributed by atoms with van der Waals surface area (Å²) in [5.74, 6) is -1.19. The lowest BCUT2D eigenvalue weighted by atomic mass is 9.94. The van der Waals surface area contributed by atoms with E-state index in [0.717, 1.165) is 11.8 Å². The molecule has 0 bridgehead atoms. The standard InChI is InChI=1S/C16H28FNO6/c1-8-22-12(20)16(7,17)11(19)10-9-23-15(5,6)18(10)13(21)24-14(2,3)4/h10-11,19H,8-9H2,1-7H3/t10-,11-,16-/m1/s1. The Morgan fingerprint density at radius 2 is 1.92 bits per heavy atom. The van der Waals surface area contributed by atoms with Gasteiger partial charge < -0.3 is 19.3 Å². The van der Waals surface area contributed by atoms with Crippen molar-refractivity contribution in [3.05, 3.63) is 0 Å². The van der Waals surface area contributed by atoms with Crippen LogP contribution in [0.15, 0.2) is 0 Å². The number of amides is 1. The number of hydrogen-bond donors (Lipinski definition) is 1. The quantitative estimate of drug-likeness (QED) is 0.782. The van der Waals surface area contributed by atoms with Gasteiger partial charge in [0.15, 0.2) is 0 Å². The summed E-state index contributed by atoms with van der Waals surface area (Å²) in [6.07, 6.45) is -2.58. The fourth-order valence-corrected chi connectivity index (χ4v) is 2.49. The molecule has 1 aliphatic heterocycles. The molecule has 1 heterocycles.